The number of benzene rings is 2. The highest BCUT2D eigenvalue weighted by Crippen LogP contribution is 2.29. The molecule has 0 saturated carbocycles. The topological polar surface area (TPSA) is 94.9 Å². The van der Waals surface area contributed by atoms with Gasteiger partial charge in [0.25, 0.3) is 11.1 Å². The summed E-state index contributed by atoms with van der Waals surface area (Å²) >= 11 is 0.869. The van der Waals surface area contributed by atoms with Gasteiger partial charge in [-0.3, -0.25) is 14.9 Å². The first kappa shape index (κ1) is 15.9. The van der Waals surface area contributed by atoms with Gasteiger partial charge in [-0.2, -0.15) is 0 Å². The van der Waals surface area contributed by atoms with Crippen molar-refractivity contribution in [3.8, 4) is 0 Å². The number of nitrogens with zero attached hydrogens (tertiary/aromatic N) is 3. The van der Waals surface area contributed by atoms with Gasteiger partial charge in [0.15, 0.2) is 0 Å². The van der Waals surface area contributed by atoms with Gasteiger partial charge in [-0.05, 0) is 40.1 Å². The number of nitrogens with one attached hydrogen (secondary N) is 1. The minimum atomic E-state index is -0.457. The maximum Gasteiger partial charge on any atom is 0.290 e. The van der Waals surface area contributed by atoms with Crippen molar-refractivity contribution in [2.45, 2.75) is 6.04 Å². The number of hydrogen-bond acceptors (Lipinski definition) is 4. The number of hydrogen-bond donors (Lipinski definition) is 1. The van der Waals surface area contributed by atoms with Crippen molar-refractivity contribution in [3.05, 3.63) is 86.6 Å². The fourth-order valence-electron chi connectivity index (χ4n) is 2.40. The van der Waals surface area contributed by atoms with E-state index in [1.165, 1.54) is 0 Å². The first-order chi connectivity index (χ1) is 11.7. The van der Waals surface area contributed by atoms with Crippen LogP contribution in [0, 0.1) is 0 Å². The number of carbonyl (C=O) groups is 2. The molecule has 2 aromatic rings. The van der Waals surface area contributed by atoms with Gasteiger partial charge in [0.1, 0.15) is 0 Å². The maximum absolute atomic E-state index is 11.6. The number of rotatable bonds is 4. The van der Waals surface area contributed by atoms with Gasteiger partial charge < -0.3 is 0 Å². The first-order valence-corrected chi connectivity index (χ1v) is 7.93. The average molecular weight is 336 g/mol. The Kier molecular flexibility index (Phi) is 4.65. The third-order valence-electron chi connectivity index (χ3n) is 3.45. The summed E-state index contributed by atoms with van der Waals surface area (Å²) in [4.78, 5) is 26.2. The molecule has 1 unspecified atom stereocenters. The normalized spacial score (nSPS) is 16.6. The van der Waals surface area contributed by atoms with Crippen molar-refractivity contribution in [1.29, 1.82) is 0 Å². The predicted molar refractivity (Wildman–Crippen MR) is 93.0 cm³/mol. The zero-order chi connectivity index (χ0) is 16.9. The summed E-state index contributed by atoms with van der Waals surface area (Å²) in [7, 11) is 0. The fourth-order valence-corrected chi connectivity index (χ4v) is 3.09. The molecule has 6 nitrogen and oxygen atoms in total. The van der Waals surface area contributed by atoms with Crippen molar-refractivity contribution in [2.24, 2.45) is 5.11 Å². The molecule has 1 atom stereocenters. The Morgan fingerprint density at radius 2 is 1.83 bits per heavy atom. The Morgan fingerprint density at radius 3 is 2.50 bits per heavy atom. The number of imide groups is 1. The van der Waals surface area contributed by atoms with Crippen LogP contribution >= 0.6 is 11.8 Å². The largest absolute Gasteiger partial charge is 0.290 e. The Labute approximate surface area is 142 Å². The second kappa shape index (κ2) is 7.04. The Morgan fingerprint density at radius 1 is 1.08 bits per heavy atom. The van der Waals surface area contributed by atoms with Gasteiger partial charge in [-0.1, -0.05) is 59.7 Å². The van der Waals surface area contributed by atoms with Gasteiger partial charge in [0, 0.05) is 4.91 Å². The molecule has 0 aromatic heterocycles. The molecule has 1 N–H and O–H groups in total. The van der Waals surface area contributed by atoms with Crippen LogP contribution in [0.15, 0.2) is 64.6 Å². The van der Waals surface area contributed by atoms with Crippen LogP contribution in [0.3, 0.4) is 0 Å². The molecule has 0 bridgehead atoms. The van der Waals surface area contributed by atoms with Crippen molar-refractivity contribution in [1.82, 2.24) is 5.32 Å². The number of thioether (sulfide) groups is 1. The Bertz CT molecular complexity index is 873. The smallest absolute Gasteiger partial charge is 0.282 e. The van der Waals surface area contributed by atoms with E-state index in [1.54, 1.807) is 6.08 Å². The molecular weight excluding hydrogens is 324 g/mol. The summed E-state index contributed by atoms with van der Waals surface area (Å²) in [6.45, 7) is 0. The minimum Gasteiger partial charge on any atom is -0.282 e. The lowest BCUT2D eigenvalue weighted by Crippen LogP contribution is -2.17. The third-order valence-corrected chi connectivity index (χ3v) is 4.26. The molecule has 1 saturated heterocycles. The van der Waals surface area contributed by atoms with Crippen molar-refractivity contribution in [3.63, 3.8) is 0 Å². The fraction of sp³-hybridized carbons (Fsp3) is 0.0588. The molecular formula is C17H12N4O2S. The second-order valence-electron chi connectivity index (χ2n) is 5.04. The van der Waals surface area contributed by atoms with E-state index in [1.807, 2.05) is 54.6 Å². The molecule has 7 heteroatoms. The summed E-state index contributed by atoms with van der Waals surface area (Å²) in [5.74, 6) is -0.398. The molecule has 24 heavy (non-hydrogen) atoms. The van der Waals surface area contributed by atoms with Crippen LogP contribution in [-0.2, 0) is 4.79 Å². The van der Waals surface area contributed by atoms with E-state index in [-0.39, 0.29) is 5.24 Å². The van der Waals surface area contributed by atoms with Gasteiger partial charge in [-0.25, -0.2) is 0 Å². The standard InChI is InChI=1S/C17H12N4O2S/c18-21-20-15(12-6-2-1-3-7-12)13-8-4-5-11(9-13)10-14-16(22)19-17(23)24-14/h1-10,15H,(H,19,22,23). The molecule has 2 aromatic carbocycles. The molecule has 1 fully saturated rings. The summed E-state index contributed by atoms with van der Waals surface area (Å²) in [5.41, 5.74) is 11.3. The van der Waals surface area contributed by atoms with Crippen LogP contribution in [-0.4, -0.2) is 11.1 Å². The van der Waals surface area contributed by atoms with E-state index < -0.39 is 11.9 Å². The molecule has 0 radical (unpaired) electrons. The van der Waals surface area contributed by atoms with E-state index >= 15 is 0 Å². The lowest BCUT2D eigenvalue weighted by molar-refractivity contribution is -0.115. The zero-order valence-corrected chi connectivity index (χ0v) is 13.2. The Balaban J connectivity index is 1.97. The van der Waals surface area contributed by atoms with Crippen molar-refractivity contribution >= 4 is 29.0 Å². The number of carbonyl (C=O) groups excluding carboxylic acids is 2. The highest BCUT2D eigenvalue weighted by atomic mass is 32.2. The van der Waals surface area contributed by atoms with E-state index in [2.05, 4.69) is 15.3 Å². The predicted octanol–water partition coefficient (Wildman–Crippen LogP) is 4.41. The highest BCUT2D eigenvalue weighted by Gasteiger charge is 2.25. The quantitative estimate of drug-likeness (QED) is 0.388. The molecule has 3 rings (SSSR count). The van der Waals surface area contributed by atoms with Gasteiger partial charge in [0.05, 0.1) is 10.9 Å². The van der Waals surface area contributed by atoms with E-state index in [0.717, 1.165) is 28.5 Å². The van der Waals surface area contributed by atoms with E-state index in [0.29, 0.717) is 4.91 Å². The molecule has 0 aliphatic carbocycles. The van der Waals surface area contributed by atoms with Gasteiger partial charge in [0.2, 0.25) is 0 Å². The van der Waals surface area contributed by atoms with Crippen LogP contribution in [0.25, 0.3) is 16.5 Å². The second-order valence-corrected chi connectivity index (χ2v) is 6.06. The van der Waals surface area contributed by atoms with E-state index in [4.69, 9.17) is 5.53 Å². The van der Waals surface area contributed by atoms with Crippen LogP contribution in [0.2, 0.25) is 0 Å². The summed E-state index contributed by atoms with van der Waals surface area (Å²) < 4.78 is 0. The van der Waals surface area contributed by atoms with E-state index in [9.17, 15) is 9.59 Å². The van der Waals surface area contributed by atoms with Crippen LogP contribution in [0.5, 0.6) is 0 Å². The lowest BCUT2D eigenvalue weighted by Gasteiger charge is -2.12. The third kappa shape index (κ3) is 3.48. The molecule has 1 aliphatic heterocycles. The average Bonchev–Trinajstić information content (AvgIpc) is 2.91. The van der Waals surface area contributed by atoms with Gasteiger partial charge in [-0.15, -0.1) is 0 Å². The van der Waals surface area contributed by atoms with Crippen LogP contribution < -0.4 is 5.32 Å². The van der Waals surface area contributed by atoms with Gasteiger partial charge >= 0.3 is 0 Å². The van der Waals surface area contributed by atoms with Crippen LogP contribution in [0.4, 0.5) is 4.79 Å². The molecule has 118 valence electrons. The van der Waals surface area contributed by atoms with Crippen molar-refractivity contribution in [2.75, 3.05) is 0 Å². The number of amides is 2. The summed E-state index contributed by atoms with van der Waals surface area (Å²) in [6.07, 6.45) is 1.65. The summed E-state index contributed by atoms with van der Waals surface area (Å²) in [6, 6.07) is 16.3. The Hall–Kier alpha value is -3.02. The molecule has 2 amide bonds. The monoisotopic (exact) mass is 336 g/mol. The first-order valence-electron chi connectivity index (χ1n) is 7.11. The molecule has 1 heterocycles. The number of azide groups is 1. The molecule has 1 aliphatic rings. The lowest BCUT2D eigenvalue weighted by atomic mass is 9.98. The highest BCUT2D eigenvalue weighted by molar-refractivity contribution is 8.18. The minimum absolute atomic E-state index is 0.345. The maximum atomic E-state index is 11.6. The SMILES string of the molecule is [N-]=[N+]=NC(c1ccccc1)c1cccc(C=C2SC(=O)NC2=O)c1. The van der Waals surface area contributed by atoms with Crippen LogP contribution in [0.1, 0.15) is 22.7 Å². The molecule has 0 spiro atoms. The summed E-state index contributed by atoms with van der Waals surface area (Å²) in [5, 5.41) is 5.73. The zero-order valence-electron chi connectivity index (χ0n) is 12.4. The van der Waals surface area contributed by atoms with Crippen molar-refractivity contribution < 1.29 is 9.59 Å².